The zero-order valence-electron chi connectivity index (χ0n) is 10.7. The maximum atomic E-state index is 6.03. The van der Waals surface area contributed by atoms with Gasteiger partial charge in [0, 0.05) is 6.04 Å². The molecule has 16 heavy (non-hydrogen) atoms. The zero-order valence-corrected chi connectivity index (χ0v) is 10.7. The Kier molecular flexibility index (Phi) is 6.17. The Labute approximate surface area is 100 Å². The van der Waals surface area contributed by atoms with E-state index in [1.54, 1.807) is 0 Å². The van der Waals surface area contributed by atoms with Crippen molar-refractivity contribution in [1.29, 1.82) is 0 Å². The van der Waals surface area contributed by atoms with E-state index < -0.39 is 0 Å². The van der Waals surface area contributed by atoms with Crippen LogP contribution in [0, 0.1) is 0 Å². The molecule has 0 fully saturated rings. The van der Waals surface area contributed by atoms with Crippen LogP contribution >= 0.6 is 0 Å². The molecule has 0 saturated carbocycles. The molecule has 0 aliphatic heterocycles. The van der Waals surface area contributed by atoms with Crippen LogP contribution in [0.5, 0.6) is 0 Å². The van der Waals surface area contributed by atoms with Crippen LogP contribution in [0.2, 0.25) is 0 Å². The van der Waals surface area contributed by atoms with Crippen molar-refractivity contribution in [3.05, 3.63) is 35.4 Å². The standard InChI is InChI=1S/C15H25N/c1-3-6-13-8-5-9-14(12-13)10-11-15(16)7-4-2/h5,8-9,12,15H,3-4,6-7,10-11,16H2,1-2H3. The Balaban J connectivity index is 2.44. The highest BCUT2D eigenvalue weighted by molar-refractivity contribution is 5.23. The van der Waals surface area contributed by atoms with Gasteiger partial charge in [0.05, 0.1) is 0 Å². The van der Waals surface area contributed by atoms with E-state index in [4.69, 9.17) is 5.73 Å². The van der Waals surface area contributed by atoms with Crippen LogP contribution in [0.4, 0.5) is 0 Å². The van der Waals surface area contributed by atoms with E-state index in [2.05, 4.69) is 38.1 Å². The van der Waals surface area contributed by atoms with Crippen LogP contribution in [0.15, 0.2) is 24.3 Å². The lowest BCUT2D eigenvalue weighted by Crippen LogP contribution is -2.20. The fourth-order valence-electron chi connectivity index (χ4n) is 2.10. The van der Waals surface area contributed by atoms with Crippen LogP contribution in [0.3, 0.4) is 0 Å². The summed E-state index contributed by atoms with van der Waals surface area (Å²) in [6.07, 6.45) is 6.99. The molecule has 0 bridgehead atoms. The monoisotopic (exact) mass is 219 g/mol. The van der Waals surface area contributed by atoms with Crippen molar-refractivity contribution in [3.8, 4) is 0 Å². The molecule has 0 aliphatic carbocycles. The fraction of sp³-hybridized carbons (Fsp3) is 0.600. The molecule has 2 N–H and O–H groups in total. The van der Waals surface area contributed by atoms with Gasteiger partial charge in [-0.05, 0) is 36.8 Å². The minimum Gasteiger partial charge on any atom is -0.328 e. The second-order valence-electron chi connectivity index (χ2n) is 4.66. The predicted octanol–water partition coefficient (Wildman–Crippen LogP) is 3.70. The van der Waals surface area contributed by atoms with Gasteiger partial charge in [-0.3, -0.25) is 0 Å². The zero-order chi connectivity index (χ0) is 11.8. The molecular formula is C15H25N. The average molecular weight is 219 g/mol. The summed E-state index contributed by atoms with van der Waals surface area (Å²) in [7, 11) is 0. The number of rotatable bonds is 7. The van der Waals surface area contributed by atoms with E-state index in [-0.39, 0.29) is 0 Å². The maximum absolute atomic E-state index is 6.03. The molecule has 0 aromatic heterocycles. The highest BCUT2D eigenvalue weighted by atomic mass is 14.6. The maximum Gasteiger partial charge on any atom is 0.00418 e. The first-order chi connectivity index (χ1) is 7.76. The average Bonchev–Trinajstić information content (AvgIpc) is 2.28. The number of hydrogen-bond acceptors (Lipinski definition) is 1. The molecular weight excluding hydrogens is 194 g/mol. The summed E-state index contributed by atoms with van der Waals surface area (Å²) in [5.74, 6) is 0. The smallest absolute Gasteiger partial charge is 0.00418 e. The van der Waals surface area contributed by atoms with Crippen LogP contribution in [0.25, 0.3) is 0 Å². The fourth-order valence-corrected chi connectivity index (χ4v) is 2.10. The summed E-state index contributed by atoms with van der Waals surface area (Å²) in [6.45, 7) is 4.42. The Morgan fingerprint density at radius 1 is 1.00 bits per heavy atom. The van der Waals surface area contributed by atoms with Crippen molar-refractivity contribution in [3.63, 3.8) is 0 Å². The van der Waals surface area contributed by atoms with Crippen LogP contribution < -0.4 is 5.73 Å². The number of aryl methyl sites for hydroxylation is 2. The lowest BCUT2D eigenvalue weighted by molar-refractivity contribution is 0.561. The van der Waals surface area contributed by atoms with E-state index in [9.17, 15) is 0 Å². The summed E-state index contributed by atoms with van der Waals surface area (Å²) in [6, 6.07) is 9.32. The SMILES string of the molecule is CCCc1cccc(CCC(N)CCC)c1. The third kappa shape index (κ3) is 4.80. The third-order valence-electron chi connectivity index (χ3n) is 2.99. The van der Waals surface area contributed by atoms with E-state index >= 15 is 0 Å². The molecule has 1 aromatic rings. The molecule has 0 saturated heterocycles. The van der Waals surface area contributed by atoms with Crippen molar-refractivity contribution in [2.45, 2.75) is 58.4 Å². The largest absolute Gasteiger partial charge is 0.328 e. The quantitative estimate of drug-likeness (QED) is 0.743. The number of benzene rings is 1. The van der Waals surface area contributed by atoms with E-state index in [1.165, 1.54) is 30.4 Å². The summed E-state index contributed by atoms with van der Waals surface area (Å²) in [4.78, 5) is 0. The van der Waals surface area contributed by atoms with Gasteiger partial charge in [0.25, 0.3) is 0 Å². The van der Waals surface area contributed by atoms with Gasteiger partial charge in [0.1, 0.15) is 0 Å². The minimum absolute atomic E-state index is 0.375. The second-order valence-corrected chi connectivity index (χ2v) is 4.66. The minimum atomic E-state index is 0.375. The molecule has 0 spiro atoms. The van der Waals surface area contributed by atoms with Crippen molar-refractivity contribution >= 4 is 0 Å². The van der Waals surface area contributed by atoms with Gasteiger partial charge in [-0.2, -0.15) is 0 Å². The molecule has 1 atom stereocenters. The molecule has 90 valence electrons. The Morgan fingerprint density at radius 2 is 1.69 bits per heavy atom. The first-order valence-electron chi connectivity index (χ1n) is 6.59. The summed E-state index contributed by atoms with van der Waals surface area (Å²) in [5.41, 5.74) is 8.93. The Morgan fingerprint density at radius 3 is 2.31 bits per heavy atom. The van der Waals surface area contributed by atoms with Crippen molar-refractivity contribution in [1.82, 2.24) is 0 Å². The van der Waals surface area contributed by atoms with Crippen molar-refractivity contribution in [2.75, 3.05) is 0 Å². The van der Waals surface area contributed by atoms with E-state index in [1.807, 2.05) is 0 Å². The van der Waals surface area contributed by atoms with E-state index in [0.717, 1.165) is 19.3 Å². The van der Waals surface area contributed by atoms with Crippen molar-refractivity contribution in [2.24, 2.45) is 5.73 Å². The number of nitrogens with two attached hydrogens (primary N) is 1. The van der Waals surface area contributed by atoms with Gasteiger partial charge in [-0.1, -0.05) is 51.0 Å². The molecule has 0 radical (unpaired) electrons. The first-order valence-corrected chi connectivity index (χ1v) is 6.59. The van der Waals surface area contributed by atoms with Gasteiger partial charge in [-0.15, -0.1) is 0 Å². The number of hydrogen-bond donors (Lipinski definition) is 1. The molecule has 1 unspecified atom stereocenters. The van der Waals surface area contributed by atoms with Crippen LogP contribution in [-0.4, -0.2) is 6.04 Å². The summed E-state index contributed by atoms with van der Waals surface area (Å²) >= 11 is 0. The van der Waals surface area contributed by atoms with Gasteiger partial charge in [0.15, 0.2) is 0 Å². The third-order valence-corrected chi connectivity index (χ3v) is 2.99. The highest BCUT2D eigenvalue weighted by Crippen LogP contribution is 2.11. The van der Waals surface area contributed by atoms with Gasteiger partial charge in [0.2, 0.25) is 0 Å². The van der Waals surface area contributed by atoms with Crippen LogP contribution in [-0.2, 0) is 12.8 Å². The molecule has 0 heterocycles. The predicted molar refractivity (Wildman–Crippen MR) is 71.6 cm³/mol. The van der Waals surface area contributed by atoms with Crippen molar-refractivity contribution < 1.29 is 0 Å². The molecule has 1 heteroatoms. The van der Waals surface area contributed by atoms with Gasteiger partial charge in [-0.25, -0.2) is 0 Å². The van der Waals surface area contributed by atoms with Gasteiger partial charge >= 0.3 is 0 Å². The lowest BCUT2D eigenvalue weighted by Gasteiger charge is -2.10. The molecule has 1 nitrogen and oxygen atoms in total. The Hall–Kier alpha value is -0.820. The Bertz CT molecular complexity index is 293. The van der Waals surface area contributed by atoms with E-state index in [0.29, 0.717) is 6.04 Å². The summed E-state index contributed by atoms with van der Waals surface area (Å²) < 4.78 is 0. The normalized spacial score (nSPS) is 12.7. The first kappa shape index (κ1) is 13.2. The van der Waals surface area contributed by atoms with Gasteiger partial charge < -0.3 is 5.73 Å². The molecule has 1 rings (SSSR count). The molecule has 0 aliphatic rings. The second kappa shape index (κ2) is 7.45. The summed E-state index contributed by atoms with van der Waals surface area (Å²) in [5, 5.41) is 0. The highest BCUT2D eigenvalue weighted by Gasteiger charge is 2.02. The lowest BCUT2D eigenvalue weighted by atomic mass is 10.00. The molecule has 1 aromatic carbocycles. The van der Waals surface area contributed by atoms with Crippen LogP contribution in [0.1, 0.15) is 50.7 Å². The topological polar surface area (TPSA) is 26.0 Å². The molecule has 0 amide bonds.